The number of amides is 2. The van der Waals surface area contributed by atoms with Gasteiger partial charge in [0.15, 0.2) is 0 Å². The monoisotopic (exact) mass is 539 g/mol. The molecule has 2 atom stereocenters. The number of hydrogen-bond donors (Lipinski definition) is 2. The summed E-state index contributed by atoms with van der Waals surface area (Å²) in [5.74, 6) is -1.23. The molecule has 0 unspecified atom stereocenters. The van der Waals surface area contributed by atoms with Gasteiger partial charge in [-0.2, -0.15) is 9.49 Å². The molecular formula is C28H31F2N5O4. The van der Waals surface area contributed by atoms with Gasteiger partial charge in [0, 0.05) is 5.56 Å². The molecule has 0 saturated heterocycles. The molecule has 2 saturated carbocycles. The SMILES string of the molecule is COc1ncc(F)cc1[C@H](C)n1ncc(NC(=O)[C@@H](NC(=O)OCc2ccccc2)C(C2CC2)C2CC2)c1F. The molecule has 0 radical (unpaired) electrons. The van der Waals surface area contributed by atoms with Crippen molar-refractivity contribution in [2.24, 2.45) is 17.8 Å². The average molecular weight is 540 g/mol. The Morgan fingerprint density at radius 1 is 1.10 bits per heavy atom. The molecule has 5 rings (SSSR count). The van der Waals surface area contributed by atoms with Crippen molar-refractivity contribution in [2.45, 2.75) is 51.3 Å². The van der Waals surface area contributed by atoms with Crippen molar-refractivity contribution in [3.8, 4) is 5.88 Å². The van der Waals surface area contributed by atoms with Gasteiger partial charge in [0.25, 0.3) is 0 Å². The van der Waals surface area contributed by atoms with Crippen molar-refractivity contribution in [2.75, 3.05) is 12.4 Å². The molecule has 0 spiro atoms. The minimum absolute atomic E-state index is 0.0612. The summed E-state index contributed by atoms with van der Waals surface area (Å²) in [6.07, 6.45) is 5.43. The highest BCUT2D eigenvalue weighted by molar-refractivity contribution is 5.96. The van der Waals surface area contributed by atoms with Crippen LogP contribution >= 0.6 is 0 Å². The number of alkyl carbamates (subject to hydrolysis) is 1. The number of nitrogens with zero attached hydrogens (tertiary/aromatic N) is 3. The molecule has 2 aliphatic rings. The number of ether oxygens (including phenoxy) is 2. The van der Waals surface area contributed by atoms with Crippen molar-refractivity contribution in [3.05, 3.63) is 71.7 Å². The van der Waals surface area contributed by atoms with E-state index in [1.807, 2.05) is 30.3 Å². The van der Waals surface area contributed by atoms with Crippen molar-refractivity contribution < 1.29 is 27.8 Å². The number of aromatic nitrogens is 3. The molecule has 2 aliphatic carbocycles. The Morgan fingerprint density at radius 2 is 1.79 bits per heavy atom. The van der Waals surface area contributed by atoms with Crippen molar-refractivity contribution in [1.82, 2.24) is 20.1 Å². The molecule has 9 nitrogen and oxygen atoms in total. The third-order valence-corrected chi connectivity index (χ3v) is 7.33. The Bertz CT molecular complexity index is 1310. The Morgan fingerprint density at radius 3 is 2.44 bits per heavy atom. The second-order valence-corrected chi connectivity index (χ2v) is 10.1. The maximum Gasteiger partial charge on any atom is 0.408 e. The lowest BCUT2D eigenvalue weighted by Gasteiger charge is -2.27. The van der Waals surface area contributed by atoms with E-state index in [0.717, 1.165) is 42.1 Å². The predicted octanol–water partition coefficient (Wildman–Crippen LogP) is 4.84. The van der Waals surface area contributed by atoms with Crippen LogP contribution in [0.1, 0.15) is 49.8 Å². The molecule has 0 bridgehead atoms. The molecule has 0 aliphatic heterocycles. The summed E-state index contributed by atoms with van der Waals surface area (Å²) in [4.78, 5) is 30.1. The minimum Gasteiger partial charge on any atom is -0.481 e. The minimum atomic E-state index is -0.888. The molecule has 3 aromatic rings. The van der Waals surface area contributed by atoms with Crippen LogP contribution in [0.3, 0.4) is 0 Å². The first-order valence-electron chi connectivity index (χ1n) is 13.1. The fourth-order valence-electron chi connectivity index (χ4n) is 5.08. The van der Waals surface area contributed by atoms with Crippen LogP contribution in [0.4, 0.5) is 19.3 Å². The smallest absolute Gasteiger partial charge is 0.408 e. The van der Waals surface area contributed by atoms with Crippen LogP contribution in [0.25, 0.3) is 0 Å². The number of rotatable bonds is 11. The topological polar surface area (TPSA) is 107 Å². The van der Waals surface area contributed by atoms with E-state index in [1.54, 1.807) is 6.92 Å². The number of hydrogen-bond acceptors (Lipinski definition) is 6. The average Bonchev–Trinajstić information content (AvgIpc) is 3.88. The van der Waals surface area contributed by atoms with E-state index in [0.29, 0.717) is 17.4 Å². The largest absolute Gasteiger partial charge is 0.481 e. The van der Waals surface area contributed by atoms with Crippen LogP contribution in [0.15, 0.2) is 48.8 Å². The lowest BCUT2D eigenvalue weighted by molar-refractivity contribution is -0.119. The highest BCUT2D eigenvalue weighted by atomic mass is 19.1. The van der Waals surface area contributed by atoms with Crippen LogP contribution in [0, 0.1) is 29.5 Å². The summed E-state index contributed by atoms with van der Waals surface area (Å²) in [5.41, 5.74) is 0.967. The Hall–Kier alpha value is -4.02. The fraction of sp³-hybridized carbons (Fsp3) is 0.429. The third kappa shape index (κ3) is 6.18. The number of carbonyl (C=O) groups is 2. The number of nitrogens with one attached hydrogen (secondary N) is 2. The van der Waals surface area contributed by atoms with Crippen LogP contribution in [-0.2, 0) is 16.1 Å². The first-order chi connectivity index (χ1) is 18.9. The van der Waals surface area contributed by atoms with Crippen molar-refractivity contribution in [3.63, 3.8) is 0 Å². The number of pyridine rings is 1. The van der Waals surface area contributed by atoms with E-state index in [1.165, 1.54) is 19.4 Å². The summed E-state index contributed by atoms with van der Waals surface area (Å²) >= 11 is 0. The normalized spacial score (nSPS) is 16.4. The standard InChI is InChI=1S/C28H31F2N5O4/c1-16(21-12-20(29)13-31-27(21)38-2)35-25(30)22(14-32-35)33-26(36)24(23(18-8-9-18)19-10-11-19)34-28(37)39-15-17-6-4-3-5-7-17/h3-7,12-14,16,18-19,23-24H,8-11,15H2,1-2H3,(H,33,36)(H,34,37)/t16-,24-/m0/s1. The fourth-order valence-corrected chi connectivity index (χ4v) is 5.08. The Kier molecular flexibility index (Phi) is 7.76. The zero-order valence-corrected chi connectivity index (χ0v) is 21.8. The van der Waals surface area contributed by atoms with E-state index in [-0.39, 0.29) is 24.1 Å². The van der Waals surface area contributed by atoms with Crippen LogP contribution in [0.2, 0.25) is 0 Å². The van der Waals surface area contributed by atoms with Crippen LogP contribution < -0.4 is 15.4 Å². The molecule has 11 heteroatoms. The zero-order chi connectivity index (χ0) is 27.5. The van der Waals surface area contributed by atoms with Gasteiger partial charge < -0.3 is 20.1 Å². The van der Waals surface area contributed by atoms with Gasteiger partial charge in [-0.25, -0.2) is 18.9 Å². The number of halogens is 2. The first-order valence-corrected chi connectivity index (χ1v) is 13.1. The van der Waals surface area contributed by atoms with Gasteiger partial charge in [-0.1, -0.05) is 30.3 Å². The van der Waals surface area contributed by atoms with Gasteiger partial charge >= 0.3 is 6.09 Å². The third-order valence-electron chi connectivity index (χ3n) is 7.33. The number of anilines is 1. The summed E-state index contributed by atoms with van der Waals surface area (Å²) in [5, 5.41) is 9.45. The van der Waals surface area contributed by atoms with Crippen LogP contribution in [-0.4, -0.2) is 39.9 Å². The van der Waals surface area contributed by atoms with Crippen molar-refractivity contribution >= 4 is 17.7 Å². The summed E-state index contributed by atoms with van der Waals surface area (Å²) in [6, 6.07) is 8.78. The number of methoxy groups -OCH3 is 1. The summed E-state index contributed by atoms with van der Waals surface area (Å²) < 4.78 is 40.9. The molecular weight excluding hydrogens is 508 g/mol. The number of carbonyl (C=O) groups excluding carboxylic acids is 2. The predicted molar refractivity (Wildman–Crippen MR) is 138 cm³/mol. The number of benzene rings is 1. The van der Waals surface area contributed by atoms with Gasteiger partial charge in [-0.3, -0.25) is 4.79 Å². The summed E-state index contributed by atoms with van der Waals surface area (Å²) in [6.45, 7) is 1.68. The molecule has 2 N–H and O–H groups in total. The lowest BCUT2D eigenvalue weighted by atomic mass is 9.89. The van der Waals surface area contributed by atoms with Crippen molar-refractivity contribution in [1.29, 1.82) is 0 Å². The molecule has 39 heavy (non-hydrogen) atoms. The lowest BCUT2D eigenvalue weighted by Crippen LogP contribution is -2.50. The van der Waals surface area contributed by atoms with E-state index < -0.39 is 35.8 Å². The summed E-state index contributed by atoms with van der Waals surface area (Å²) in [7, 11) is 1.38. The first kappa shape index (κ1) is 26.6. The van der Waals surface area contributed by atoms with E-state index in [2.05, 4.69) is 20.7 Å². The van der Waals surface area contributed by atoms with E-state index >= 15 is 4.39 Å². The maximum absolute atomic E-state index is 15.5. The second kappa shape index (κ2) is 11.4. The molecule has 1 aromatic carbocycles. The quantitative estimate of drug-likeness (QED) is 0.361. The van der Waals surface area contributed by atoms with Gasteiger partial charge in [0.1, 0.15) is 24.2 Å². The highest BCUT2D eigenvalue weighted by Gasteiger charge is 2.48. The van der Waals surface area contributed by atoms with Gasteiger partial charge in [0.2, 0.25) is 17.7 Å². The second-order valence-electron chi connectivity index (χ2n) is 10.1. The van der Waals surface area contributed by atoms with Gasteiger partial charge in [0.05, 0.1) is 25.5 Å². The molecule has 2 aromatic heterocycles. The molecule has 2 fully saturated rings. The zero-order valence-electron chi connectivity index (χ0n) is 21.8. The Labute approximate surface area is 224 Å². The van der Waals surface area contributed by atoms with Gasteiger partial charge in [-0.05, 0) is 62.0 Å². The van der Waals surface area contributed by atoms with Crippen LogP contribution in [0.5, 0.6) is 5.88 Å². The maximum atomic E-state index is 15.5. The Balaban J connectivity index is 1.32. The van der Waals surface area contributed by atoms with Gasteiger partial charge in [-0.15, -0.1) is 0 Å². The van der Waals surface area contributed by atoms with E-state index in [9.17, 15) is 14.0 Å². The highest BCUT2D eigenvalue weighted by Crippen LogP contribution is 2.51. The molecule has 2 heterocycles. The van der Waals surface area contributed by atoms with E-state index in [4.69, 9.17) is 9.47 Å². The molecule has 2 amide bonds. The molecule has 206 valence electrons.